The first-order valence-corrected chi connectivity index (χ1v) is 14.2. The Morgan fingerprint density at radius 1 is 0.854 bits per heavy atom. The number of halogens is 4. The molecule has 2 aromatic heterocycles. The molecule has 1 N–H and O–H groups in total. The third kappa shape index (κ3) is 7.11. The first-order chi connectivity index (χ1) is 22.2. The Balaban J connectivity index is 0.000000260. The van der Waals surface area contributed by atoms with Crippen LogP contribution in [0.25, 0.3) is 11.4 Å². The molecule has 15 nitrogen and oxygen atoms in total. The monoisotopic (exact) mass is 711 g/mol. The van der Waals surface area contributed by atoms with E-state index in [0.717, 1.165) is 23.7 Å². The molecule has 0 fully saturated rings. The molecule has 19 heteroatoms. The number of ether oxygens (including phenoxy) is 1. The summed E-state index contributed by atoms with van der Waals surface area (Å²) >= 11 is 11.5. The molecule has 0 bridgehead atoms. The number of aromatic nitrogens is 4. The van der Waals surface area contributed by atoms with Gasteiger partial charge in [0, 0.05) is 25.9 Å². The van der Waals surface area contributed by atoms with Gasteiger partial charge in [0.2, 0.25) is 0 Å². The summed E-state index contributed by atoms with van der Waals surface area (Å²) in [5, 5.41) is 19.5. The molecule has 4 rings (SSSR count). The van der Waals surface area contributed by atoms with Gasteiger partial charge in [0.15, 0.2) is 0 Å². The zero-order valence-corrected chi connectivity index (χ0v) is 27.3. The summed E-state index contributed by atoms with van der Waals surface area (Å²) < 4.78 is 36.3. The van der Waals surface area contributed by atoms with E-state index in [0.29, 0.717) is 22.4 Å². The summed E-state index contributed by atoms with van der Waals surface area (Å²) in [6, 6.07) is 4.39. The number of aryl methyl sites for hydroxylation is 1. The number of carboxylic acid groups (broad SMARTS) is 1. The molecule has 48 heavy (non-hydrogen) atoms. The molecular formula is C29H25Cl2F2N5O10. The van der Waals surface area contributed by atoms with Crippen molar-refractivity contribution in [3.05, 3.63) is 126 Å². The largest absolute Gasteiger partial charge is 0.478 e. The lowest BCUT2D eigenvalue weighted by molar-refractivity contribution is -0.387. The Bertz CT molecular complexity index is 2260. The molecule has 2 aromatic carbocycles. The molecule has 0 radical (unpaired) electrons. The van der Waals surface area contributed by atoms with Crippen LogP contribution in [0.1, 0.15) is 46.0 Å². The second-order valence-corrected chi connectivity index (χ2v) is 11.1. The van der Waals surface area contributed by atoms with E-state index in [1.807, 2.05) is 0 Å². The fourth-order valence-electron chi connectivity index (χ4n) is 4.20. The van der Waals surface area contributed by atoms with E-state index in [9.17, 15) is 47.7 Å². The minimum Gasteiger partial charge on any atom is -0.478 e. The quantitative estimate of drug-likeness (QED) is 0.176. The Kier molecular flexibility index (Phi) is 10.9. The average Bonchev–Trinajstić information content (AvgIpc) is 2.96. The number of hydrogen-bond acceptors (Lipinski definition) is 9. The maximum Gasteiger partial charge on any atom is 0.353 e. The lowest BCUT2D eigenvalue weighted by atomic mass is 10.2. The fourth-order valence-corrected chi connectivity index (χ4v) is 4.65. The van der Waals surface area contributed by atoms with Crippen LogP contribution in [-0.2, 0) is 18.8 Å². The molecule has 0 saturated carbocycles. The van der Waals surface area contributed by atoms with Crippen molar-refractivity contribution in [2.24, 2.45) is 14.1 Å². The van der Waals surface area contributed by atoms with Gasteiger partial charge in [-0.25, -0.2) is 37.1 Å². The normalized spacial score (nSPS) is 10.8. The first kappa shape index (κ1) is 37.0. The molecular weight excluding hydrogens is 687 g/mol. The lowest BCUT2D eigenvalue weighted by Crippen LogP contribution is -2.40. The van der Waals surface area contributed by atoms with Gasteiger partial charge in [0.1, 0.15) is 17.3 Å². The van der Waals surface area contributed by atoms with Crippen LogP contribution in [-0.4, -0.2) is 46.3 Å². The Hall–Kier alpha value is -5.42. The smallest absolute Gasteiger partial charge is 0.353 e. The van der Waals surface area contributed by atoms with Gasteiger partial charge >= 0.3 is 34.6 Å². The van der Waals surface area contributed by atoms with E-state index < -0.39 is 79.1 Å². The molecule has 0 aliphatic carbocycles. The first-order valence-electron chi connectivity index (χ1n) is 13.4. The molecule has 0 spiro atoms. The number of esters is 1. The summed E-state index contributed by atoms with van der Waals surface area (Å²) in [5.74, 6) is -4.37. The summed E-state index contributed by atoms with van der Waals surface area (Å²) in [5.41, 5.74) is -6.41. The molecule has 0 amide bonds. The van der Waals surface area contributed by atoms with Crippen molar-refractivity contribution in [1.29, 1.82) is 0 Å². The summed E-state index contributed by atoms with van der Waals surface area (Å²) in [6.07, 6.45) is -0.406. The van der Waals surface area contributed by atoms with Gasteiger partial charge in [-0.1, -0.05) is 23.2 Å². The number of aromatic carboxylic acids is 1. The Morgan fingerprint density at radius 3 is 1.83 bits per heavy atom. The summed E-state index contributed by atoms with van der Waals surface area (Å²) in [4.78, 5) is 82.2. The fraction of sp³-hybridized carbons (Fsp3) is 0.241. The molecule has 0 unspecified atom stereocenters. The molecule has 0 aliphatic heterocycles. The van der Waals surface area contributed by atoms with Crippen LogP contribution in [0.3, 0.4) is 0 Å². The summed E-state index contributed by atoms with van der Waals surface area (Å²) in [7, 11) is 2.61. The van der Waals surface area contributed by atoms with Crippen LogP contribution >= 0.6 is 23.2 Å². The molecule has 254 valence electrons. The zero-order chi connectivity index (χ0) is 36.5. The van der Waals surface area contributed by atoms with Gasteiger partial charge in [0.05, 0.1) is 43.6 Å². The number of carboxylic acids is 1. The average molecular weight is 712 g/mol. The number of nitro groups is 1. The highest BCUT2D eigenvalue weighted by Crippen LogP contribution is 2.24. The van der Waals surface area contributed by atoms with Crippen molar-refractivity contribution in [2.75, 3.05) is 0 Å². The van der Waals surface area contributed by atoms with Crippen molar-refractivity contribution in [3.63, 3.8) is 0 Å². The maximum absolute atomic E-state index is 14.3. The van der Waals surface area contributed by atoms with Gasteiger partial charge in [-0.3, -0.25) is 24.3 Å². The highest BCUT2D eigenvalue weighted by molar-refractivity contribution is 6.34. The topological polar surface area (TPSA) is 195 Å². The van der Waals surface area contributed by atoms with Crippen molar-refractivity contribution in [1.82, 2.24) is 18.3 Å². The van der Waals surface area contributed by atoms with Crippen LogP contribution in [0.15, 0.2) is 49.5 Å². The van der Waals surface area contributed by atoms with Gasteiger partial charge < -0.3 is 14.4 Å². The van der Waals surface area contributed by atoms with Crippen molar-refractivity contribution in [2.45, 2.75) is 33.8 Å². The minimum atomic E-state index is -1.52. The van der Waals surface area contributed by atoms with E-state index in [1.165, 1.54) is 24.6 Å². The van der Waals surface area contributed by atoms with Crippen LogP contribution in [0, 0.1) is 35.6 Å². The third-order valence-corrected chi connectivity index (χ3v) is 7.45. The zero-order valence-electron chi connectivity index (χ0n) is 25.8. The molecule has 0 saturated heterocycles. The predicted molar refractivity (Wildman–Crippen MR) is 168 cm³/mol. The lowest BCUT2D eigenvalue weighted by Gasteiger charge is -2.13. The molecule has 2 heterocycles. The second-order valence-electron chi connectivity index (χ2n) is 10.3. The second kappa shape index (κ2) is 14.1. The number of carbonyl (C=O) groups is 2. The van der Waals surface area contributed by atoms with Crippen molar-refractivity contribution in [3.8, 4) is 11.4 Å². The standard InChI is InChI=1S/C16H16ClFN2O4.C13H9ClFN3O6/c1-8(2)24-15(22)10-6-13(12(18)7-11(10)17)20-14(21)5-9(3)19(4)16(20)23;1-5-10(18(23)24)11(19)17(13(22)16(5)2)9-3-6(12(20)21)7(14)4-8(9)15/h5-8H,1-4H3;3-4H,1-2H3,(H,20,21). The highest BCUT2D eigenvalue weighted by atomic mass is 35.5. The Labute approximate surface area is 277 Å². The number of nitrogens with zero attached hydrogens (tertiary/aromatic N) is 5. The molecule has 0 aliphatic rings. The van der Waals surface area contributed by atoms with Crippen molar-refractivity contribution >= 4 is 40.8 Å². The number of benzene rings is 2. The van der Waals surface area contributed by atoms with Gasteiger partial charge in [-0.05, 0) is 52.0 Å². The number of rotatable bonds is 6. The highest BCUT2D eigenvalue weighted by Gasteiger charge is 2.27. The van der Waals surface area contributed by atoms with Crippen LogP contribution in [0.5, 0.6) is 0 Å². The molecule has 4 aromatic rings. The van der Waals surface area contributed by atoms with E-state index in [1.54, 1.807) is 20.8 Å². The molecule has 0 atom stereocenters. The van der Waals surface area contributed by atoms with Gasteiger partial charge in [0.25, 0.3) is 5.56 Å². The third-order valence-electron chi connectivity index (χ3n) is 6.82. The van der Waals surface area contributed by atoms with Crippen LogP contribution in [0.2, 0.25) is 10.0 Å². The van der Waals surface area contributed by atoms with E-state index in [-0.39, 0.29) is 26.5 Å². The van der Waals surface area contributed by atoms with Gasteiger partial charge in [-0.2, -0.15) is 0 Å². The maximum atomic E-state index is 14.3. The number of hydrogen-bond donors (Lipinski definition) is 1. The Morgan fingerprint density at radius 2 is 1.33 bits per heavy atom. The van der Waals surface area contributed by atoms with E-state index in [2.05, 4.69) is 0 Å². The van der Waals surface area contributed by atoms with E-state index >= 15 is 0 Å². The van der Waals surface area contributed by atoms with Crippen LogP contribution in [0.4, 0.5) is 14.5 Å². The SMILES string of the molecule is Cc1c([N+](=O)[O-])c(=O)n(-c2cc(C(=O)O)c(Cl)cc2F)c(=O)n1C.Cc1cc(=O)n(-c2cc(C(=O)OC(C)C)c(Cl)cc2F)c(=O)n1C. The van der Waals surface area contributed by atoms with Gasteiger partial charge in [-0.15, -0.1) is 0 Å². The number of carbonyl (C=O) groups excluding carboxylic acids is 1. The van der Waals surface area contributed by atoms with Crippen molar-refractivity contribution < 1.29 is 33.1 Å². The summed E-state index contributed by atoms with van der Waals surface area (Å²) in [6.45, 7) is 6.07. The minimum absolute atomic E-state index is 0.128. The van der Waals surface area contributed by atoms with E-state index in [4.69, 9.17) is 33.0 Å². The van der Waals surface area contributed by atoms with Crippen LogP contribution < -0.4 is 22.5 Å². The predicted octanol–water partition coefficient (Wildman–Crippen LogP) is 3.45.